The van der Waals surface area contributed by atoms with E-state index in [1.807, 2.05) is 31.2 Å². The van der Waals surface area contributed by atoms with Crippen LogP contribution in [-0.4, -0.2) is 59.2 Å². The molecule has 28 heavy (non-hydrogen) atoms. The Bertz CT molecular complexity index is 765. The fraction of sp³-hybridized carbons (Fsp3) is 0.409. The number of carboxylic acid groups (broad SMARTS) is 1. The van der Waals surface area contributed by atoms with Crippen LogP contribution in [0.1, 0.15) is 18.9 Å². The van der Waals surface area contributed by atoms with Crippen LogP contribution in [0.5, 0.6) is 5.75 Å². The molecule has 0 saturated heterocycles. The first-order valence-electron chi connectivity index (χ1n) is 9.75. The van der Waals surface area contributed by atoms with Gasteiger partial charge in [0.25, 0.3) is 0 Å². The van der Waals surface area contributed by atoms with E-state index in [0.29, 0.717) is 13.0 Å². The molecule has 149 valence electrons. The molecule has 3 rings (SSSR count). The van der Waals surface area contributed by atoms with Gasteiger partial charge in [0.15, 0.2) is 0 Å². The predicted octanol–water partition coefficient (Wildman–Crippen LogP) is 2.76. The van der Waals surface area contributed by atoms with Gasteiger partial charge in [-0.15, -0.1) is 0 Å². The minimum absolute atomic E-state index is 0.127. The number of fused-ring (bicyclic) bond motifs is 1. The molecule has 1 aliphatic rings. The second kappa shape index (κ2) is 10.5. The molecule has 0 aliphatic carbocycles. The number of carboxylic acids is 1. The van der Waals surface area contributed by atoms with Gasteiger partial charge in [0.05, 0.1) is 0 Å². The van der Waals surface area contributed by atoms with E-state index in [1.165, 1.54) is 21.7 Å². The van der Waals surface area contributed by atoms with Crippen LogP contribution in [0.3, 0.4) is 0 Å². The van der Waals surface area contributed by atoms with Gasteiger partial charge < -0.3 is 0 Å². The molecule has 0 fully saturated rings. The van der Waals surface area contributed by atoms with Crippen molar-refractivity contribution in [2.24, 2.45) is 0 Å². The molecule has 1 N–H and O–H groups in total. The van der Waals surface area contributed by atoms with E-state index in [2.05, 4.69) is 29.2 Å². The molecule has 6 heteroatoms. The number of carbonyl (C=O) groups is 1. The van der Waals surface area contributed by atoms with Crippen LogP contribution < -0.4 is 14.0 Å². The second-order valence-corrected chi connectivity index (χ2v) is 9.38. The Hall–Kier alpha value is -1.97. The summed E-state index contributed by atoms with van der Waals surface area (Å²) in [4.78, 5) is 13.6. The molecule has 0 spiro atoms. The van der Waals surface area contributed by atoms with Gasteiger partial charge >= 0.3 is 173 Å². The molecule has 0 bridgehead atoms. The van der Waals surface area contributed by atoms with Crippen LogP contribution in [0.4, 0.5) is 5.69 Å². The van der Waals surface area contributed by atoms with Crippen molar-refractivity contribution in [3.05, 3.63) is 54.1 Å². The predicted molar refractivity (Wildman–Crippen MR) is 112 cm³/mol. The van der Waals surface area contributed by atoms with E-state index in [9.17, 15) is 9.90 Å². The van der Waals surface area contributed by atoms with Gasteiger partial charge in [-0.05, 0) is 0 Å². The Kier molecular flexibility index (Phi) is 7.81. The number of anilines is 1. The van der Waals surface area contributed by atoms with Gasteiger partial charge in [-0.1, -0.05) is 0 Å². The summed E-state index contributed by atoms with van der Waals surface area (Å²) >= 11 is 0.127. The molecule has 1 heterocycles. The van der Waals surface area contributed by atoms with E-state index < -0.39 is 12.1 Å². The van der Waals surface area contributed by atoms with Crippen molar-refractivity contribution in [3.63, 3.8) is 0 Å². The van der Waals surface area contributed by atoms with E-state index >= 15 is 0 Å². The third-order valence-electron chi connectivity index (χ3n) is 4.71. The van der Waals surface area contributed by atoms with E-state index in [4.69, 9.17) is 9.47 Å². The quantitative estimate of drug-likeness (QED) is 0.451. The zero-order chi connectivity index (χ0) is 19.8. The van der Waals surface area contributed by atoms with E-state index in [0.717, 1.165) is 31.0 Å². The Morgan fingerprint density at radius 3 is 2.79 bits per heavy atom. The molecule has 0 aromatic heterocycles. The van der Waals surface area contributed by atoms with Crippen molar-refractivity contribution < 1.29 is 19.4 Å². The fourth-order valence-electron chi connectivity index (χ4n) is 3.30. The van der Waals surface area contributed by atoms with Crippen LogP contribution >= 0.6 is 0 Å². The summed E-state index contributed by atoms with van der Waals surface area (Å²) in [5.74, 6) is 0.0891. The van der Waals surface area contributed by atoms with Crippen molar-refractivity contribution in [3.8, 4) is 5.75 Å². The normalized spacial score (nSPS) is 14.7. The van der Waals surface area contributed by atoms with E-state index in [1.54, 1.807) is 0 Å². The number of benzene rings is 2. The van der Waals surface area contributed by atoms with Crippen LogP contribution in [0.25, 0.3) is 0 Å². The summed E-state index contributed by atoms with van der Waals surface area (Å²) in [5.41, 5.74) is 2.22. The first-order chi connectivity index (χ1) is 13.7. The molecule has 1 radical (unpaired) electrons. The van der Waals surface area contributed by atoms with Crippen molar-refractivity contribution in [1.29, 1.82) is 0 Å². The molecule has 1 atom stereocenters. The van der Waals surface area contributed by atoms with Crippen LogP contribution in [-0.2, 0) is 16.0 Å². The summed E-state index contributed by atoms with van der Waals surface area (Å²) in [7, 11) is 0. The summed E-state index contributed by atoms with van der Waals surface area (Å²) < 4.78 is 12.4. The number of nitrogens with zero attached hydrogens (tertiary/aromatic N) is 1. The average Bonchev–Trinajstić information content (AvgIpc) is 2.72. The van der Waals surface area contributed by atoms with Gasteiger partial charge in [0.1, 0.15) is 0 Å². The summed E-state index contributed by atoms with van der Waals surface area (Å²) in [5, 5.41) is 10.4. The Labute approximate surface area is 173 Å². The molecule has 5 nitrogen and oxygen atoms in total. The molecular weight excluding hydrogens is 417 g/mol. The standard InChI is InChI=1S/C22H27AsNO4/c1-2-27-21(22(25)26)16-17-8-10-18(11-9-17)23-12-5-13-24-14-15-28-20-7-4-3-6-19(20)24/h3-4,6-11,21H,2,5,12-16H2,1H3,(H,25,26). The minimum atomic E-state index is -0.901. The first kappa shape index (κ1) is 20.8. The molecule has 0 saturated carbocycles. The zero-order valence-electron chi connectivity index (χ0n) is 16.2. The molecular formula is C22H27AsNO4. The zero-order valence-corrected chi connectivity index (χ0v) is 18.1. The van der Waals surface area contributed by atoms with E-state index in [-0.39, 0.29) is 15.8 Å². The van der Waals surface area contributed by atoms with Gasteiger partial charge in [-0.3, -0.25) is 0 Å². The van der Waals surface area contributed by atoms with Crippen molar-refractivity contribution in [2.45, 2.75) is 31.1 Å². The Morgan fingerprint density at radius 2 is 2.04 bits per heavy atom. The SMILES string of the molecule is CCOC(Cc1ccc([As]CCCN2CCOc3ccccc32)cc1)C(=O)O. The molecule has 2 aromatic carbocycles. The van der Waals surface area contributed by atoms with Crippen LogP contribution in [0.15, 0.2) is 48.5 Å². The maximum atomic E-state index is 11.2. The number of para-hydroxylation sites is 2. The van der Waals surface area contributed by atoms with Crippen molar-refractivity contribution in [1.82, 2.24) is 0 Å². The number of ether oxygens (including phenoxy) is 2. The number of hydrogen-bond donors (Lipinski definition) is 1. The third-order valence-corrected chi connectivity index (χ3v) is 7.23. The van der Waals surface area contributed by atoms with Gasteiger partial charge in [0.2, 0.25) is 0 Å². The second-order valence-electron chi connectivity index (χ2n) is 6.69. The van der Waals surface area contributed by atoms with Gasteiger partial charge in [0, 0.05) is 0 Å². The molecule has 2 aromatic rings. The van der Waals surface area contributed by atoms with Gasteiger partial charge in [-0.2, -0.15) is 0 Å². The first-order valence-corrected chi connectivity index (χ1v) is 12.0. The number of rotatable bonds is 10. The van der Waals surface area contributed by atoms with Crippen molar-refractivity contribution in [2.75, 3.05) is 31.2 Å². The third kappa shape index (κ3) is 5.76. The fourth-order valence-corrected chi connectivity index (χ4v) is 5.22. The average molecular weight is 444 g/mol. The maximum absolute atomic E-state index is 11.2. The van der Waals surface area contributed by atoms with Crippen LogP contribution in [0, 0.1) is 0 Å². The topological polar surface area (TPSA) is 59.0 Å². The van der Waals surface area contributed by atoms with Gasteiger partial charge in [-0.25, -0.2) is 0 Å². The molecule has 1 unspecified atom stereocenters. The Morgan fingerprint density at radius 1 is 1.25 bits per heavy atom. The number of aliphatic carboxylic acids is 1. The summed E-state index contributed by atoms with van der Waals surface area (Å²) in [6.07, 6.45) is 0.818. The Balaban J connectivity index is 1.44. The summed E-state index contributed by atoms with van der Waals surface area (Å²) in [6.45, 7) is 4.99. The number of hydrogen-bond acceptors (Lipinski definition) is 4. The van der Waals surface area contributed by atoms with Crippen molar-refractivity contribution >= 4 is 31.8 Å². The summed E-state index contributed by atoms with van der Waals surface area (Å²) in [6, 6.07) is 16.6. The molecule has 1 aliphatic heterocycles. The molecule has 0 amide bonds. The van der Waals surface area contributed by atoms with Crippen LogP contribution in [0.2, 0.25) is 5.21 Å². The monoisotopic (exact) mass is 444 g/mol.